The molecule has 2 aromatic carbocycles. The van der Waals surface area contributed by atoms with Crippen LogP contribution in [0.5, 0.6) is 0 Å². The third-order valence-electron chi connectivity index (χ3n) is 5.50. The van der Waals surface area contributed by atoms with Crippen LogP contribution >= 0.6 is 0 Å². The summed E-state index contributed by atoms with van der Waals surface area (Å²) in [5.74, 6) is -1.52. The highest BCUT2D eigenvalue weighted by atomic mass is 16.5. The second kappa shape index (κ2) is 9.20. The van der Waals surface area contributed by atoms with Crippen molar-refractivity contribution < 1.29 is 24.2 Å². The van der Waals surface area contributed by atoms with Gasteiger partial charge in [-0.25, -0.2) is 4.79 Å². The van der Waals surface area contributed by atoms with Crippen molar-refractivity contribution in [3.05, 3.63) is 59.7 Å². The number of hydrogen-bond acceptors (Lipinski definition) is 4. The number of ether oxygens (including phenoxy) is 1. The number of carboxylic acids is 1. The van der Waals surface area contributed by atoms with Crippen molar-refractivity contribution in [1.82, 2.24) is 10.6 Å². The van der Waals surface area contributed by atoms with Gasteiger partial charge in [-0.3, -0.25) is 9.59 Å². The molecule has 0 aliphatic heterocycles. The van der Waals surface area contributed by atoms with Crippen LogP contribution in [0.3, 0.4) is 0 Å². The molecule has 1 unspecified atom stereocenters. The van der Waals surface area contributed by atoms with Gasteiger partial charge >= 0.3 is 12.1 Å². The Morgan fingerprint density at radius 1 is 1.00 bits per heavy atom. The predicted octanol–water partition coefficient (Wildman–Crippen LogP) is 3.53. The highest BCUT2D eigenvalue weighted by Crippen LogP contribution is 2.44. The monoisotopic (exact) mass is 424 g/mol. The fraction of sp³-hybridized carbons (Fsp3) is 0.375. The number of alkyl carbamates (subject to hydrolysis) is 1. The van der Waals surface area contributed by atoms with E-state index in [0.29, 0.717) is 0 Å². The first-order valence-electron chi connectivity index (χ1n) is 10.3. The topological polar surface area (TPSA) is 105 Å². The minimum atomic E-state index is -0.996. The molecule has 1 aliphatic carbocycles. The number of amides is 2. The first-order chi connectivity index (χ1) is 14.7. The number of nitrogens with one attached hydrogen (secondary N) is 2. The van der Waals surface area contributed by atoms with Gasteiger partial charge in [-0.05, 0) is 27.7 Å². The zero-order valence-electron chi connectivity index (χ0n) is 18.0. The molecule has 3 rings (SSSR count). The van der Waals surface area contributed by atoms with Crippen LogP contribution < -0.4 is 10.6 Å². The molecule has 0 saturated heterocycles. The highest BCUT2D eigenvalue weighted by Gasteiger charge is 2.30. The Bertz CT molecular complexity index is 934. The second-order valence-corrected chi connectivity index (χ2v) is 8.76. The van der Waals surface area contributed by atoms with Crippen molar-refractivity contribution in [3.63, 3.8) is 0 Å². The number of carboxylic acid groups (broad SMARTS) is 1. The lowest BCUT2D eigenvalue weighted by atomic mass is 9.84. The van der Waals surface area contributed by atoms with Crippen LogP contribution in [-0.2, 0) is 14.3 Å². The summed E-state index contributed by atoms with van der Waals surface area (Å²) in [7, 11) is 0. The summed E-state index contributed by atoms with van der Waals surface area (Å²) < 4.78 is 5.40. The van der Waals surface area contributed by atoms with Crippen molar-refractivity contribution in [3.8, 4) is 11.1 Å². The molecule has 31 heavy (non-hydrogen) atoms. The SMILES string of the molecule is CC(C)(C)C(CC(=O)O)NC(=O)CNC(=O)OCC1c2ccccc2-c2ccccc21. The van der Waals surface area contributed by atoms with Crippen molar-refractivity contribution in [2.75, 3.05) is 13.2 Å². The van der Waals surface area contributed by atoms with Crippen LogP contribution in [0.15, 0.2) is 48.5 Å². The average molecular weight is 424 g/mol. The Morgan fingerprint density at radius 2 is 1.55 bits per heavy atom. The zero-order chi connectivity index (χ0) is 22.6. The molecule has 0 fully saturated rings. The van der Waals surface area contributed by atoms with Gasteiger partial charge in [0.05, 0.1) is 6.42 Å². The molecule has 1 aliphatic rings. The molecular weight excluding hydrogens is 396 g/mol. The lowest BCUT2D eigenvalue weighted by molar-refractivity contribution is -0.138. The normalized spacial score (nSPS) is 13.6. The van der Waals surface area contributed by atoms with Gasteiger partial charge in [-0.1, -0.05) is 69.3 Å². The Hall–Kier alpha value is -3.35. The third kappa shape index (κ3) is 5.42. The molecule has 0 radical (unpaired) electrons. The Kier molecular flexibility index (Phi) is 6.63. The van der Waals surface area contributed by atoms with Crippen LogP contribution in [0.1, 0.15) is 44.2 Å². The van der Waals surface area contributed by atoms with Crippen molar-refractivity contribution in [2.24, 2.45) is 5.41 Å². The smallest absolute Gasteiger partial charge is 0.407 e. The van der Waals surface area contributed by atoms with Crippen LogP contribution in [0.25, 0.3) is 11.1 Å². The Labute approximate surface area is 181 Å². The van der Waals surface area contributed by atoms with Gasteiger partial charge < -0.3 is 20.5 Å². The number of benzene rings is 2. The Balaban J connectivity index is 1.54. The first-order valence-corrected chi connectivity index (χ1v) is 10.3. The molecule has 2 aromatic rings. The van der Waals surface area contributed by atoms with Gasteiger partial charge in [0, 0.05) is 12.0 Å². The van der Waals surface area contributed by atoms with E-state index in [4.69, 9.17) is 9.84 Å². The number of carbonyl (C=O) groups is 3. The average Bonchev–Trinajstić information content (AvgIpc) is 3.03. The summed E-state index contributed by atoms with van der Waals surface area (Å²) in [6, 6.07) is 15.5. The summed E-state index contributed by atoms with van der Waals surface area (Å²) in [5, 5.41) is 14.2. The van der Waals surface area contributed by atoms with Crippen LogP contribution in [0.2, 0.25) is 0 Å². The molecule has 2 amide bonds. The quantitative estimate of drug-likeness (QED) is 0.631. The molecule has 0 saturated carbocycles. The third-order valence-corrected chi connectivity index (χ3v) is 5.50. The zero-order valence-corrected chi connectivity index (χ0v) is 18.0. The number of carbonyl (C=O) groups excluding carboxylic acids is 2. The highest BCUT2D eigenvalue weighted by molar-refractivity contribution is 5.83. The van der Waals surface area contributed by atoms with E-state index in [1.807, 2.05) is 57.2 Å². The number of fused-ring (bicyclic) bond motifs is 3. The van der Waals surface area contributed by atoms with Gasteiger partial charge in [0.2, 0.25) is 5.91 Å². The molecule has 0 aromatic heterocycles. The molecule has 7 heteroatoms. The number of aliphatic carboxylic acids is 1. The summed E-state index contributed by atoms with van der Waals surface area (Å²) in [6.45, 7) is 5.41. The van der Waals surface area contributed by atoms with E-state index in [1.54, 1.807) is 0 Å². The van der Waals surface area contributed by atoms with Crippen LogP contribution in [0.4, 0.5) is 4.79 Å². The molecule has 0 spiro atoms. The maximum absolute atomic E-state index is 12.2. The summed E-state index contributed by atoms with van der Waals surface area (Å²) in [4.78, 5) is 35.4. The van der Waals surface area contributed by atoms with Crippen molar-refractivity contribution in [2.45, 2.75) is 39.2 Å². The van der Waals surface area contributed by atoms with E-state index < -0.39 is 29.4 Å². The van der Waals surface area contributed by atoms with E-state index in [2.05, 4.69) is 22.8 Å². The van der Waals surface area contributed by atoms with Gasteiger partial charge in [0.1, 0.15) is 13.2 Å². The number of rotatable bonds is 7. The fourth-order valence-corrected chi connectivity index (χ4v) is 3.80. The summed E-state index contributed by atoms with van der Waals surface area (Å²) in [5.41, 5.74) is 4.06. The Morgan fingerprint density at radius 3 is 2.06 bits per heavy atom. The van der Waals surface area contributed by atoms with E-state index in [9.17, 15) is 14.4 Å². The van der Waals surface area contributed by atoms with Crippen molar-refractivity contribution in [1.29, 1.82) is 0 Å². The maximum atomic E-state index is 12.2. The first kappa shape index (κ1) is 22.3. The van der Waals surface area contributed by atoms with Gasteiger partial charge in [-0.2, -0.15) is 0 Å². The van der Waals surface area contributed by atoms with Crippen LogP contribution in [-0.4, -0.2) is 42.3 Å². The van der Waals surface area contributed by atoms with E-state index in [1.165, 1.54) is 0 Å². The second-order valence-electron chi connectivity index (χ2n) is 8.76. The molecule has 3 N–H and O–H groups in total. The minimum Gasteiger partial charge on any atom is -0.481 e. The minimum absolute atomic E-state index is 0.0622. The van der Waals surface area contributed by atoms with Gasteiger partial charge in [0.25, 0.3) is 0 Å². The van der Waals surface area contributed by atoms with Gasteiger partial charge in [0.15, 0.2) is 0 Å². The van der Waals surface area contributed by atoms with Crippen LogP contribution in [0, 0.1) is 5.41 Å². The summed E-state index contributed by atoms with van der Waals surface area (Å²) in [6.07, 6.45) is -0.886. The molecular formula is C24H28N2O5. The molecule has 7 nitrogen and oxygen atoms in total. The lowest BCUT2D eigenvalue weighted by Gasteiger charge is -2.30. The number of hydrogen-bond donors (Lipinski definition) is 3. The molecule has 1 atom stereocenters. The van der Waals surface area contributed by atoms with Crippen molar-refractivity contribution >= 4 is 18.0 Å². The fourth-order valence-electron chi connectivity index (χ4n) is 3.80. The molecule has 0 bridgehead atoms. The lowest BCUT2D eigenvalue weighted by Crippen LogP contribution is -2.48. The van der Waals surface area contributed by atoms with E-state index in [0.717, 1.165) is 22.3 Å². The maximum Gasteiger partial charge on any atom is 0.407 e. The standard InChI is InChI=1S/C24H28N2O5/c1-24(2,3)20(12-22(28)29)26-21(27)13-25-23(30)31-14-19-17-10-6-4-8-15(17)16-9-5-7-11-18(16)19/h4-11,19-20H,12-14H2,1-3H3,(H,25,30)(H,26,27)(H,28,29). The summed E-state index contributed by atoms with van der Waals surface area (Å²) >= 11 is 0. The molecule has 0 heterocycles. The molecule has 164 valence electrons. The largest absolute Gasteiger partial charge is 0.481 e. The van der Waals surface area contributed by atoms with E-state index >= 15 is 0 Å². The van der Waals surface area contributed by atoms with E-state index in [-0.39, 0.29) is 25.5 Å². The van der Waals surface area contributed by atoms with Gasteiger partial charge in [-0.15, -0.1) is 0 Å². The predicted molar refractivity (Wildman–Crippen MR) is 117 cm³/mol.